The third-order valence-corrected chi connectivity index (χ3v) is 3.40. The van der Waals surface area contributed by atoms with E-state index in [1.807, 2.05) is 30.0 Å². The quantitative estimate of drug-likeness (QED) is 0.865. The SMILES string of the molecule is CCC(C(=O)O)N1CCN(c2ccccn2)CC1. The molecule has 1 N–H and O–H groups in total. The van der Waals surface area contributed by atoms with Gasteiger partial charge in [0, 0.05) is 32.4 Å². The van der Waals surface area contributed by atoms with Crippen LogP contribution in [0.15, 0.2) is 24.4 Å². The van der Waals surface area contributed by atoms with Crippen molar-refractivity contribution in [2.75, 3.05) is 31.1 Å². The number of carbonyl (C=O) groups is 1. The van der Waals surface area contributed by atoms with Gasteiger partial charge in [-0.1, -0.05) is 13.0 Å². The number of nitrogens with zero attached hydrogens (tertiary/aromatic N) is 3. The van der Waals surface area contributed by atoms with Gasteiger partial charge in [-0.2, -0.15) is 0 Å². The molecule has 1 aliphatic rings. The second kappa shape index (κ2) is 5.82. The smallest absolute Gasteiger partial charge is 0.320 e. The number of rotatable bonds is 4. The zero-order valence-corrected chi connectivity index (χ0v) is 10.6. The van der Waals surface area contributed by atoms with Crippen molar-refractivity contribution in [1.29, 1.82) is 0 Å². The van der Waals surface area contributed by atoms with Gasteiger partial charge >= 0.3 is 5.97 Å². The molecule has 2 heterocycles. The fourth-order valence-electron chi connectivity index (χ4n) is 2.39. The fraction of sp³-hybridized carbons (Fsp3) is 0.538. The molecule has 5 nitrogen and oxygen atoms in total. The summed E-state index contributed by atoms with van der Waals surface area (Å²) >= 11 is 0. The molecule has 1 aromatic heterocycles. The molecular weight excluding hydrogens is 230 g/mol. The lowest BCUT2D eigenvalue weighted by molar-refractivity contribution is -0.143. The van der Waals surface area contributed by atoms with E-state index in [1.165, 1.54) is 0 Å². The Kier molecular flexibility index (Phi) is 4.15. The van der Waals surface area contributed by atoms with E-state index >= 15 is 0 Å². The third-order valence-electron chi connectivity index (χ3n) is 3.40. The summed E-state index contributed by atoms with van der Waals surface area (Å²) in [5.41, 5.74) is 0. The summed E-state index contributed by atoms with van der Waals surface area (Å²) in [6.07, 6.45) is 2.44. The Morgan fingerprint density at radius 1 is 1.39 bits per heavy atom. The van der Waals surface area contributed by atoms with Gasteiger partial charge < -0.3 is 10.0 Å². The van der Waals surface area contributed by atoms with Crippen molar-refractivity contribution in [3.05, 3.63) is 24.4 Å². The van der Waals surface area contributed by atoms with Gasteiger partial charge in [-0.15, -0.1) is 0 Å². The van der Waals surface area contributed by atoms with Gasteiger partial charge in [0.05, 0.1) is 0 Å². The first kappa shape index (κ1) is 12.8. The summed E-state index contributed by atoms with van der Waals surface area (Å²) in [4.78, 5) is 19.7. The summed E-state index contributed by atoms with van der Waals surface area (Å²) in [6.45, 7) is 5.15. The van der Waals surface area contributed by atoms with Crippen molar-refractivity contribution < 1.29 is 9.90 Å². The van der Waals surface area contributed by atoms with Crippen molar-refractivity contribution in [2.45, 2.75) is 19.4 Å². The summed E-state index contributed by atoms with van der Waals surface area (Å²) in [5, 5.41) is 9.14. The monoisotopic (exact) mass is 249 g/mol. The number of aliphatic carboxylic acids is 1. The number of hydrogen-bond acceptors (Lipinski definition) is 4. The highest BCUT2D eigenvalue weighted by molar-refractivity contribution is 5.73. The largest absolute Gasteiger partial charge is 0.480 e. The highest BCUT2D eigenvalue weighted by Gasteiger charge is 2.27. The van der Waals surface area contributed by atoms with Crippen molar-refractivity contribution in [1.82, 2.24) is 9.88 Å². The van der Waals surface area contributed by atoms with Gasteiger partial charge in [0.2, 0.25) is 0 Å². The first-order valence-electron chi connectivity index (χ1n) is 6.35. The molecule has 1 atom stereocenters. The number of hydrogen-bond donors (Lipinski definition) is 1. The summed E-state index contributed by atoms with van der Waals surface area (Å²) in [7, 11) is 0. The Hall–Kier alpha value is -1.62. The van der Waals surface area contributed by atoms with Gasteiger partial charge in [0.25, 0.3) is 0 Å². The number of aromatic nitrogens is 1. The predicted molar refractivity (Wildman–Crippen MR) is 69.7 cm³/mol. The van der Waals surface area contributed by atoms with Gasteiger partial charge in [0.15, 0.2) is 0 Å². The van der Waals surface area contributed by atoms with Crippen LogP contribution < -0.4 is 4.90 Å². The van der Waals surface area contributed by atoms with E-state index < -0.39 is 5.97 Å². The molecule has 2 rings (SSSR count). The Balaban J connectivity index is 1.94. The molecule has 18 heavy (non-hydrogen) atoms. The van der Waals surface area contributed by atoms with Crippen molar-refractivity contribution in [3.8, 4) is 0 Å². The zero-order valence-electron chi connectivity index (χ0n) is 10.6. The minimum atomic E-state index is -0.719. The van der Waals surface area contributed by atoms with Gasteiger partial charge in [-0.3, -0.25) is 9.69 Å². The van der Waals surface area contributed by atoms with Crippen molar-refractivity contribution in [2.24, 2.45) is 0 Å². The Morgan fingerprint density at radius 2 is 2.11 bits per heavy atom. The molecule has 0 aromatic carbocycles. The Morgan fingerprint density at radius 3 is 2.61 bits per heavy atom. The fourth-order valence-corrected chi connectivity index (χ4v) is 2.39. The molecule has 1 aromatic rings. The molecule has 0 amide bonds. The molecule has 5 heteroatoms. The van der Waals surface area contributed by atoms with Crippen LogP contribution in [-0.2, 0) is 4.79 Å². The highest BCUT2D eigenvalue weighted by Crippen LogP contribution is 2.15. The van der Waals surface area contributed by atoms with Gasteiger partial charge in [-0.05, 0) is 18.6 Å². The molecule has 1 fully saturated rings. The molecule has 0 spiro atoms. The molecule has 0 saturated carbocycles. The topological polar surface area (TPSA) is 56.7 Å². The molecule has 0 aliphatic carbocycles. The van der Waals surface area contributed by atoms with E-state index in [0.717, 1.165) is 32.0 Å². The van der Waals surface area contributed by atoms with Gasteiger partial charge in [-0.25, -0.2) is 4.98 Å². The number of carboxylic acids is 1. The number of anilines is 1. The maximum atomic E-state index is 11.1. The first-order chi connectivity index (χ1) is 8.72. The standard InChI is InChI=1S/C13H19N3O2/c1-2-11(13(17)18)15-7-9-16(10-8-15)12-5-3-4-6-14-12/h3-6,11H,2,7-10H2,1H3,(H,17,18). The number of carboxylic acid groups (broad SMARTS) is 1. The lowest BCUT2D eigenvalue weighted by Crippen LogP contribution is -2.52. The minimum Gasteiger partial charge on any atom is -0.480 e. The lowest BCUT2D eigenvalue weighted by Gasteiger charge is -2.37. The summed E-state index contributed by atoms with van der Waals surface area (Å²) in [6, 6.07) is 5.51. The molecule has 98 valence electrons. The molecule has 1 saturated heterocycles. The van der Waals surface area contributed by atoms with Crippen LogP contribution in [0.4, 0.5) is 5.82 Å². The predicted octanol–water partition coefficient (Wildman–Crippen LogP) is 1.07. The van der Waals surface area contributed by atoms with Crippen LogP contribution >= 0.6 is 0 Å². The average molecular weight is 249 g/mol. The molecular formula is C13H19N3O2. The van der Waals surface area contributed by atoms with Crippen molar-refractivity contribution in [3.63, 3.8) is 0 Å². The van der Waals surface area contributed by atoms with E-state index in [9.17, 15) is 4.79 Å². The van der Waals surface area contributed by atoms with Crippen LogP contribution in [0.1, 0.15) is 13.3 Å². The molecule has 0 bridgehead atoms. The van der Waals surface area contributed by atoms with E-state index in [0.29, 0.717) is 6.42 Å². The average Bonchev–Trinajstić information content (AvgIpc) is 2.41. The summed E-state index contributed by atoms with van der Waals surface area (Å²) < 4.78 is 0. The zero-order chi connectivity index (χ0) is 13.0. The van der Waals surface area contributed by atoms with Crippen LogP contribution in [0.2, 0.25) is 0 Å². The molecule has 1 unspecified atom stereocenters. The van der Waals surface area contributed by atoms with E-state index in [1.54, 1.807) is 6.20 Å². The maximum Gasteiger partial charge on any atom is 0.320 e. The lowest BCUT2D eigenvalue weighted by atomic mass is 10.1. The van der Waals surface area contributed by atoms with E-state index in [4.69, 9.17) is 5.11 Å². The van der Waals surface area contributed by atoms with E-state index in [-0.39, 0.29) is 6.04 Å². The minimum absolute atomic E-state index is 0.351. The van der Waals surface area contributed by atoms with Crippen molar-refractivity contribution >= 4 is 11.8 Å². The molecule has 0 radical (unpaired) electrons. The Bertz CT molecular complexity index is 388. The normalized spacial score (nSPS) is 18.6. The van der Waals surface area contributed by atoms with Crippen LogP contribution in [-0.4, -0.2) is 53.2 Å². The highest BCUT2D eigenvalue weighted by atomic mass is 16.4. The number of piperazine rings is 1. The second-order valence-corrected chi connectivity index (χ2v) is 4.47. The second-order valence-electron chi connectivity index (χ2n) is 4.47. The van der Waals surface area contributed by atoms with E-state index in [2.05, 4.69) is 9.88 Å². The maximum absolute atomic E-state index is 11.1. The first-order valence-corrected chi connectivity index (χ1v) is 6.35. The van der Waals surface area contributed by atoms with Crippen LogP contribution in [0.3, 0.4) is 0 Å². The molecule has 1 aliphatic heterocycles. The Labute approximate surface area is 107 Å². The van der Waals surface area contributed by atoms with Crippen LogP contribution in [0.25, 0.3) is 0 Å². The number of pyridine rings is 1. The van der Waals surface area contributed by atoms with Crippen LogP contribution in [0.5, 0.6) is 0 Å². The third kappa shape index (κ3) is 2.79. The summed E-state index contributed by atoms with van der Waals surface area (Å²) in [5.74, 6) is 0.254. The van der Waals surface area contributed by atoms with Crippen LogP contribution in [0, 0.1) is 0 Å². The van der Waals surface area contributed by atoms with Gasteiger partial charge in [0.1, 0.15) is 11.9 Å².